The molecular weight excluding hydrogens is 388 g/mol. The predicted octanol–water partition coefficient (Wildman–Crippen LogP) is 3.11. The fourth-order valence-corrected chi connectivity index (χ4v) is 4.42. The Morgan fingerprint density at radius 1 is 1.15 bits per heavy atom. The topological polar surface area (TPSA) is 94.6 Å². The number of fused-ring (bicyclic) bond motifs is 2. The molecule has 0 radical (unpaired) electrons. The number of benzene rings is 2. The number of hydrogen-bond acceptors (Lipinski definition) is 7. The standard InChI is InChI=1S/C18H16N2O5S2/c1-2-27(22,23)12-5-3-11(4-6-12)17(21)20-18-19-13-9-14-15(10-16(13)26-18)25-8-7-24-14/h3-6,9-10H,2,7-8H2,1H3,(H,19,20,21). The smallest absolute Gasteiger partial charge is 0.257 e. The molecule has 1 aliphatic heterocycles. The minimum absolute atomic E-state index is 0.0155. The van der Waals surface area contributed by atoms with Gasteiger partial charge in [-0.15, -0.1) is 0 Å². The maximum absolute atomic E-state index is 12.4. The van der Waals surface area contributed by atoms with E-state index in [9.17, 15) is 13.2 Å². The number of aromatic nitrogens is 1. The molecule has 1 amide bonds. The van der Waals surface area contributed by atoms with Crippen molar-refractivity contribution in [2.75, 3.05) is 24.3 Å². The molecule has 7 nitrogen and oxygen atoms in total. The Morgan fingerprint density at radius 2 is 1.81 bits per heavy atom. The zero-order valence-electron chi connectivity index (χ0n) is 14.4. The van der Waals surface area contributed by atoms with Gasteiger partial charge in [0.15, 0.2) is 26.5 Å². The number of hydrogen-bond donors (Lipinski definition) is 1. The summed E-state index contributed by atoms with van der Waals surface area (Å²) in [6.07, 6.45) is 0. The molecule has 2 heterocycles. The Balaban J connectivity index is 1.55. The second-order valence-corrected chi connectivity index (χ2v) is 9.17. The van der Waals surface area contributed by atoms with E-state index < -0.39 is 9.84 Å². The normalized spacial score (nSPS) is 13.5. The van der Waals surface area contributed by atoms with Gasteiger partial charge in [-0.05, 0) is 24.3 Å². The molecule has 2 aromatic carbocycles. The highest BCUT2D eigenvalue weighted by Gasteiger charge is 2.17. The number of thiazole rings is 1. The molecule has 0 atom stereocenters. The molecule has 27 heavy (non-hydrogen) atoms. The highest BCUT2D eigenvalue weighted by Crippen LogP contribution is 2.37. The summed E-state index contributed by atoms with van der Waals surface area (Å²) in [5.41, 5.74) is 1.07. The summed E-state index contributed by atoms with van der Waals surface area (Å²) < 4.78 is 35.7. The maximum Gasteiger partial charge on any atom is 0.257 e. The molecule has 0 saturated heterocycles. The molecule has 0 bridgehead atoms. The maximum atomic E-state index is 12.4. The second-order valence-electron chi connectivity index (χ2n) is 5.86. The summed E-state index contributed by atoms with van der Waals surface area (Å²) in [6.45, 7) is 2.58. The van der Waals surface area contributed by atoms with Gasteiger partial charge in [-0.25, -0.2) is 13.4 Å². The fourth-order valence-electron chi connectivity index (χ4n) is 2.67. The van der Waals surface area contributed by atoms with Gasteiger partial charge in [-0.2, -0.15) is 0 Å². The summed E-state index contributed by atoms with van der Waals surface area (Å²) in [5.74, 6) is 0.973. The van der Waals surface area contributed by atoms with E-state index in [1.165, 1.54) is 35.6 Å². The van der Waals surface area contributed by atoms with E-state index in [4.69, 9.17) is 9.47 Å². The van der Waals surface area contributed by atoms with Gasteiger partial charge < -0.3 is 9.47 Å². The minimum Gasteiger partial charge on any atom is -0.486 e. The van der Waals surface area contributed by atoms with Crippen molar-refractivity contribution in [1.29, 1.82) is 0 Å². The van der Waals surface area contributed by atoms with Crippen LogP contribution in [0.4, 0.5) is 5.13 Å². The second kappa shape index (κ2) is 6.82. The summed E-state index contributed by atoms with van der Waals surface area (Å²) in [6, 6.07) is 9.50. The molecule has 0 aliphatic carbocycles. The van der Waals surface area contributed by atoms with Crippen LogP contribution < -0.4 is 14.8 Å². The number of ether oxygens (including phenoxy) is 2. The Kier molecular flexibility index (Phi) is 4.48. The van der Waals surface area contributed by atoms with E-state index in [0.717, 1.165) is 4.70 Å². The van der Waals surface area contributed by atoms with Gasteiger partial charge in [0.1, 0.15) is 13.2 Å². The van der Waals surface area contributed by atoms with Crippen LogP contribution in [0.5, 0.6) is 11.5 Å². The quantitative estimate of drug-likeness (QED) is 0.718. The third-order valence-corrected chi connectivity index (χ3v) is 6.81. The lowest BCUT2D eigenvalue weighted by molar-refractivity contribution is 0.102. The highest BCUT2D eigenvalue weighted by atomic mass is 32.2. The number of carbonyl (C=O) groups excluding carboxylic acids is 1. The zero-order valence-corrected chi connectivity index (χ0v) is 16.0. The Labute approximate surface area is 159 Å². The van der Waals surface area contributed by atoms with Crippen LogP contribution >= 0.6 is 11.3 Å². The molecule has 4 rings (SSSR count). The van der Waals surface area contributed by atoms with Crippen LogP contribution in [-0.4, -0.2) is 38.3 Å². The molecule has 0 saturated carbocycles. The number of carbonyl (C=O) groups is 1. The largest absolute Gasteiger partial charge is 0.486 e. The Morgan fingerprint density at radius 3 is 2.48 bits per heavy atom. The van der Waals surface area contributed by atoms with Gasteiger partial charge >= 0.3 is 0 Å². The molecule has 0 fully saturated rings. The van der Waals surface area contributed by atoms with Gasteiger partial charge in [0, 0.05) is 17.7 Å². The number of rotatable bonds is 4. The van der Waals surface area contributed by atoms with E-state index in [1.54, 1.807) is 13.0 Å². The van der Waals surface area contributed by atoms with Crippen molar-refractivity contribution in [3.63, 3.8) is 0 Å². The predicted molar refractivity (Wildman–Crippen MR) is 103 cm³/mol. The molecule has 140 valence electrons. The Hall–Kier alpha value is -2.65. The first-order chi connectivity index (χ1) is 13.0. The Bertz CT molecular complexity index is 1080. The summed E-state index contributed by atoms with van der Waals surface area (Å²) in [4.78, 5) is 17.0. The van der Waals surface area contributed by atoms with Crippen LogP contribution in [0.3, 0.4) is 0 Å². The van der Waals surface area contributed by atoms with Crippen LogP contribution in [0.15, 0.2) is 41.3 Å². The van der Waals surface area contributed by atoms with Gasteiger partial charge in [-0.3, -0.25) is 10.1 Å². The molecule has 1 aliphatic rings. The van der Waals surface area contributed by atoms with Gasteiger partial charge in [0.05, 0.1) is 20.9 Å². The first-order valence-electron chi connectivity index (χ1n) is 8.30. The average Bonchev–Trinajstić information content (AvgIpc) is 3.07. The van der Waals surface area contributed by atoms with Crippen LogP contribution in [0.25, 0.3) is 10.2 Å². The molecule has 0 unspecified atom stereocenters. The van der Waals surface area contributed by atoms with Crippen LogP contribution in [0.2, 0.25) is 0 Å². The lowest BCUT2D eigenvalue weighted by Gasteiger charge is -2.17. The van der Waals surface area contributed by atoms with E-state index in [-0.39, 0.29) is 16.6 Å². The van der Waals surface area contributed by atoms with Crippen molar-refractivity contribution in [2.24, 2.45) is 0 Å². The molecule has 1 N–H and O–H groups in total. The summed E-state index contributed by atoms with van der Waals surface area (Å²) in [7, 11) is -3.29. The first-order valence-corrected chi connectivity index (χ1v) is 10.8. The van der Waals surface area contributed by atoms with Crippen molar-refractivity contribution >= 4 is 42.4 Å². The number of nitrogens with one attached hydrogen (secondary N) is 1. The third kappa shape index (κ3) is 3.47. The number of nitrogens with zero attached hydrogens (tertiary/aromatic N) is 1. The van der Waals surface area contributed by atoms with Crippen molar-refractivity contribution in [3.05, 3.63) is 42.0 Å². The van der Waals surface area contributed by atoms with Gasteiger partial charge in [0.2, 0.25) is 0 Å². The van der Waals surface area contributed by atoms with Crippen LogP contribution in [0, 0.1) is 0 Å². The van der Waals surface area contributed by atoms with Crippen LogP contribution in [-0.2, 0) is 9.84 Å². The van der Waals surface area contributed by atoms with Crippen molar-refractivity contribution in [3.8, 4) is 11.5 Å². The summed E-state index contributed by atoms with van der Waals surface area (Å²) >= 11 is 1.33. The van der Waals surface area contributed by atoms with Gasteiger partial charge in [-0.1, -0.05) is 18.3 Å². The molecule has 0 spiro atoms. The summed E-state index contributed by atoms with van der Waals surface area (Å²) in [5, 5.41) is 3.19. The lowest BCUT2D eigenvalue weighted by atomic mass is 10.2. The van der Waals surface area contributed by atoms with Crippen molar-refractivity contribution < 1.29 is 22.7 Å². The zero-order chi connectivity index (χ0) is 19.0. The van der Waals surface area contributed by atoms with Crippen LogP contribution in [0.1, 0.15) is 17.3 Å². The molecule has 1 aromatic heterocycles. The number of anilines is 1. The van der Waals surface area contributed by atoms with E-state index >= 15 is 0 Å². The third-order valence-electron chi connectivity index (χ3n) is 4.13. The SMILES string of the molecule is CCS(=O)(=O)c1ccc(C(=O)Nc2nc3cc4c(cc3s2)OCCO4)cc1. The monoisotopic (exact) mass is 404 g/mol. The number of sulfone groups is 1. The average molecular weight is 404 g/mol. The van der Waals surface area contributed by atoms with E-state index in [2.05, 4.69) is 10.3 Å². The van der Waals surface area contributed by atoms with E-state index in [0.29, 0.717) is 40.9 Å². The van der Waals surface area contributed by atoms with E-state index in [1.807, 2.05) is 6.07 Å². The molecule has 3 aromatic rings. The van der Waals surface area contributed by atoms with Crippen molar-refractivity contribution in [2.45, 2.75) is 11.8 Å². The minimum atomic E-state index is -3.29. The molecular formula is C18H16N2O5S2. The highest BCUT2D eigenvalue weighted by molar-refractivity contribution is 7.91. The van der Waals surface area contributed by atoms with Crippen molar-refractivity contribution in [1.82, 2.24) is 4.98 Å². The fraction of sp³-hybridized carbons (Fsp3) is 0.222. The molecule has 9 heteroatoms. The number of amides is 1. The lowest BCUT2D eigenvalue weighted by Crippen LogP contribution is -2.15. The van der Waals surface area contributed by atoms with Gasteiger partial charge in [0.25, 0.3) is 5.91 Å². The first kappa shape index (κ1) is 17.7.